The predicted octanol–water partition coefficient (Wildman–Crippen LogP) is 1.22. The van der Waals surface area contributed by atoms with E-state index < -0.39 is 0 Å². The van der Waals surface area contributed by atoms with Crippen LogP contribution in [0.5, 0.6) is 0 Å². The largest absolute Gasteiger partial charge is 0.468 e. The van der Waals surface area contributed by atoms with E-state index in [0.717, 1.165) is 19.6 Å². The SMILES string of the molecule is COC(=O)CN(C)CCN(C)Cc1ccccc1. The van der Waals surface area contributed by atoms with E-state index >= 15 is 0 Å². The van der Waals surface area contributed by atoms with Gasteiger partial charge in [0.1, 0.15) is 0 Å². The fourth-order valence-corrected chi connectivity index (χ4v) is 1.68. The summed E-state index contributed by atoms with van der Waals surface area (Å²) in [6, 6.07) is 10.4. The second kappa shape index (κ2) is 7.84. The van der Waals surface area contributed by atoms with Crippen molar-refractivity contribution < 1.29 is 9.53 Å². The first-order valence-electron chi connectivity index (χ1n) is 6.09. The molecule has 0 saturated carbocycles. The molecule has 0 amide bonds. The van der Waals surface area contributed by atoms with Gasteiger partial charge in [0.15, 0.2) is 0 Å². The highest BCUT2D eigenvalue weighted by Gasteiger charge is 2.07. The van der Waals surface area contributed by atoms with Gasteiger partial charge >= 0.3 is 5.97 Å². The molecule has 0 aromatic heterocycles. The summed E-state index contributed by atoms with van der Waals surface area (Å²) >= 11 is 0. The lowest BCUT2D eigenvalue weighted by atomic mass is 10.2. The van der Waals surface area contributed by atoms with Crippen LogP contribution in [0.15, 0.2) is 30.3 Å². The molecule has 0 aliphatic carbocycles. The third-order valence-electron chi connectivity index (χ3n) is 2.79. The number of hydrogen-bond donors (Lipinski definition) is 0. The first-order valence-corrected chi connectivity index (χ1v) is 6.09. The molecule has 0 N–H and O–H groups in total. The number of hydrogen-bond acceptors (Lipinski definition) is 4. The molecule has 0 fully saturated rings. The Morgan fingerprint density at radius 2 is 1.72 bits per heavy atom. The number of esters is 1. The highest BCUT2D eigenvalue weighted by molar-refractivity contribution is 5.71. The summed E-state index contributed by atoms with van der Waals surface area (Å²) in [4.78, 5) is 15.3. The summed E-state index contributed by atoms with van der Waals surface area (Å²) in [6.07, 6.45) is 0. The lowest BCUT2D eigenvalue weighted by molar-refractivity contribution is -0.141. The highest BCUT2D eigenvalue weighted by atomic mass is 16.5. The summed E-state index contributed by atoms with van der Waals surface area (Å²) in [7, 11) is 5.42. The van der Waals surface area contributed by atoms with Crippen molar-refractivity contribution in [1.29, 1.82) is 0 Å². The van der Waals surface area contributed by atoms with Crippen LogP contribution in [0.3, 0.4) is 0 Å². The Kier molecular flexibility index (Phi) is 6.39. The summed E-state index contributed by atoms with van der Waals surface area (Å²) in [6.45, 7) is 3.03. The monoisotopic (exact) mass is 250 g/mol. The minimum atomic E-state index is -0.191. The first kappa shape index (κ1) is 14.7. The molecule has 1 aromatic rings. The number of carbonyl (C=O) groups excluding carboxylic acids is 1. The van der Waals surface area contributed by atoms with Gasteiger partial charge in [-0.25, -0.2) is 0 Å². The van der Waals surface area contributed by atoms with Gasteiger partial charge in [0.2, 0.25) is 0 Å². The van der Waals surface area contributed by atoms with Crippen molar-refractivity contribution in [3.8, 4) is 0 Å². The molecule has 0 radical (unpaired) electrons. The minimum Gasteiger partial charge on any atom is -0.468 e. The van der Waals surface area contributed by atoms with Gasteiger partial charge in [0, 0.05) is 19.6 Å². The van der Waals surface area contributed by atoms with Crippen molar-refractivity contribution >= 4 is 5.97 Å². The summed E-state index contributed by atoms with van der Waals surface area (Å²) in [5.74, 6) is -0.191. The fraction of sp³-hybridized carbons (Fsp3) is 0.500. The van der Waals surface area contributed by atoms with Crippen LogP contribution in [0.25, 0.3) is 0 Å². The van der Waals surface area contributed by atoms with E-state index in [1.165, 1.54) is 12.7 Å². The van der Waals surface area contributed by atoms with Gasteiger partial charge in [0.05, 0.1) is 13.7 Å². The van der Waals surface area contributed by atoms with E-state index in [1.807, 2.05) is 30.1 Å². The molecule has 4 nitrogen and oxygen atoms in total. The van der Waals surface area contributed by atoms with Crippen molar-refractivity contribution in [1.82, 2.24) is 9.80 Å². The molecule has 0 aliphatic rings. The van der Waals surface area contributed by atoms with Crippen LogP contribution in [-0.2, 0) is 16.1 Å². The maximum Gasteiger partial charge on any atom is 0.319 e. The van der Waals surface area contributed by atoms with E-state index in [1.54, 1.807) is 0 Å². The molecule has 4 heteroatoms. The van der Waals surface area contributed by atoms with E-state index in [4.69, 9.17) is 0 Å². The molecule has 0 aliphatic heterocycles. The smallest absolute Gasteiger partial charge is 0.319 e. The lowest BCUT2D eigenvalue weighted by Crippen LogP contribution is -2.34. The summed E-state index contributed by atoms with van der Waals surface area (Å²) < 4.78 is 4.63. The van der Waals surface area contributed by atoms with Crippen LogP contribution in [-0.4, -0.2) is 56.6 Å². The van der Waals surface area contributed by atoms with E-state index in [2.05, 4.69) is 28.8 Å². The van der Waals surface area contributed by atoms with Crippen molar-refractivity contribution in [3.05, 3.63) is 35.9 Å². The normalized spacial score (nSPS) is 10.9. The standard InChI is InChI=1S/C14H22N2O2/c1-15(11-13-7-5-4-6-8-13)9-10-16(2)12-14(17)18-3/h4-8H,9-12H2,1-3H3. The number of nitrogens with zero attached hydrogens (tertiary/aromatic N) is 2. The molecule has 0 saturated heterocycles. The zero-order valence-electron chi connectivity index (χ0n) is 11.4. The molecule has 0 unspecified atom stereocenters. The molecule has 0 atom stereocenters. The number of benzene rings is 1. The second-order valence-electron chi connectivity index (χ2n) is 4.54. The van der Waals surface area contributed by atoms with Crippen LogP contribution >= 0.6 is 0 Å². The average Bonchev–Trinajstić information content (AvgIpc) is 2.37. The van der Waals surface area contributed by atoms with Crippen LogP contribution in [0.2, 0.25) is 0 Å². The molecular formula is C14H22N2O2. The number of carbonyl (C=O) groups is 1. The van der Waals surface area contributed by atoms with Gasteiger partial charge in [-0.1, -0.05) is 30.3 Å². The molecule has 0 spiro atoms. The Morgan fingerprint density at radius 1 is 1.11 bits per heavy atom. The van der Waals surface area contributed by atoms with Crippen molar-refractivity contribution in [3.63, 3.8) is 0 Å². The molecule has 0 bridgehead atoms. The van der Waals surface area contributed by atoms with Gasteiger partial charge in [-0.15, -0.1) is 0 Å². The molecule has 0 heterocycles. The zero-order valence-corrected chi connectivity index (χ0v) is 11.4. The van der Waals surface area contributed by atoms with Crippen LogP contribution in [0, 0.1) is 0 Å². The molecule has 1 aromatic carbocycles. The van der Waals surface area contributed by atoms with Crippen LogP contribution < -0.4 is 0 Å². The lowest BCUT2D eigenvalue weighted by Gasteiger charge is -2.21. The Balaban J connectivity index is 2.24. The van der Waals surface area contributed by atoms with Gasteiger partial charge in [-0.3, -0.25) is 9.69 Å². The highest BCUT2D eigenvalue weighted by Crippen LogP contribution is 2.02. The Hall–Kier alpha value is -1.39. The quantitative estimate of drug-likeness (QED) is 0.681. The van der Waals surface area contributed by atoms with Crippen LogP contribution in [0.1, 0.15) is 5.56 Å². The Morgan fingerprint density at radius 3 is 2.33 bits per heavy atom. The number of ether oxygens (including phenoxy) is 1. The first-order chi connectivity index (χ1) is 8.61. The van der Waals surface area contributed by atoms with Crippen molar-refractivity contribution in [2.75, 3.05) is 40.8 Å². The third-order valence-corrected chi connectivity index (χ3v) is 2.79. The number of rotatable bonds is 7. The minimum absolute atomic E-state index is 0.191. The topological polar surface area (TPSA) is 32.8 Å². The van der Waals surface area contributed by atoms with Gasteiger partial charge in [-0.05, 0) is 19.7 Å². The number of likely N-dealkylation sites (N-methyl/N-ethyl adjacent to an activating group) is 2. The summed E-state index contributed by atoms with van der Waals surface area (Å²) in [5, 5.41) is 0. The Labute approximate surface area is 109 Å². The molecule has 18 heavy (non-hydrogen) atoms. The van der Waals surface area contributed by atoms with Crippen LogP contribution in [0.4, 0.5) is 0 Å². The average molecular weight is 250 g/mol. The Bertz CT molecular complexity index is 354. The zero-order chi connectivity index (χ0) is 13.4. The maximum atomic E-state index is 11.1. The third kappa shape index (κ3) is 5.80. The van der Waals surface area contributed by atoms with Crippen molar-refractivity contribution in [2.45, 2.75) is 6.54 Å². The maximum absolute atomic E-state index is 11.1. The molecular weight excluding hydrogens is 228 g/mol. The van der Waals surface area contributed by atoms with E-state index in [0.29, 0.717) is 6.54 Å². The molecule has 100 valence electrons. The van der Waals surface area contributed by atoms with Crippen molar-refractivity contribution in [2.24, 2.45) is 0 Å². The number of methoxy groups -OCH3 is 1. The van der Waals surface area contributed by atoms with E-state index in [9.17, 15) is 4.79 Å². The summed E-state index contributed by atoms with van der Waals surface area (Å²) in [5.41, 5.74) is 1.30. The van der Waals surface area contributed by atoms with E-state index in [-0.39, 0.29) is 5.97 Å². The molecule has 1 rings (SSSR count). The van der Waals surface area contributed by atoms with Gasteiger partial charge in [-0.2, -0.15) is 0 Å². The predicted molar refractivity (Wildman–Crippen MR) is 72.3 cm³/mol. The second-order valence-corrected chi connectivity index (χ2v) is 4.54. The fourth-order valence-electron chi connectivity index (χ4n) is 1.68. The van der Waals surface area contributed by atoms with Gasteiger partial charge in [0.25, 0.3) is 0 Å². The van der Waals surface area contributed by atoms with Gasteiger partial charge < -0.3 is 9.64 Å².